The molecular formula is C27H32N2O7. The average Bonchev–Trinajstić information content (AvgIpc) is 3.17. The van der Waals surface area contributed by atoms with Crippen LogP contribution in [-0.4, -0.2) is 86.8 Å². The normalized spacial score (nSPS) is 20.0. The third-order valence-electron chi connectivity index (χ3n) is 6.46. The fourth-order valence-corrected chi connectivity index (χ4v) is 4.58. The molecule has 0 saturated carbocycles. The molecule has 2 saturated heterocycles. The number of methoxy groups -OCH3 is 2. The van der Waals surface area contributed by atoms with E-state index in [-0.39, 0.29) is 11.3 Å². The lowest BCUT2D eigenvalue weighted by atomic mass is 9.95. The summed E-state index contributed by atoms with van der Waals surface area (Å²) in [6.45, 7) is 6.17. The number of nitrogens with zero attached hydrogens (tertiary/aromatic N) is 2. The van der Waals surface area contributed by atoms with Gasteiger partial charge in [0.15, 0.2) is 11.5 Å². The predicted molar refractivity (Wildman–Crippen MR) is 133 cm³/mol. The number of rotatable bonds is 9. The number of aliphatic hydroxyl groups is 1. The molecular weight excluding hydrogens is 464 g/mol. The Kier molecular flexibility index (Phi) is 8.12. The summed E-state index contributed by atoms with van der Waals surface area (Å²) in [5.74, 6) is -0.0374. The monoisotopic (exact) mass is 496 g/mol. The van der Waals surface area contributed by atoms with Crippen molar-refractivity contribution in [2.75, 3.05) is 60.2 Å². The molecule has 1 unspecified atom stereocenters. The maximum atomic E-state index is 13.3. The zero-order valence-corrected chi connectivity index (χ0v) is 20.9. The van der Waals surface area contributed by atoms with Crippen LogP contribution in [-0.2, 0) is 14.3 Å². The van der Waals surface area contributed by atoms with Gasteiger partial charge in [0.1, 0.15) is 11.5 Å². The van der Waals surface area contributed by atoms with Crippen molar-refractivity contribution in [2.45, 2.75) is 13.0 Å². The lowest BCUT2D eigenvalue weighted by Gasteiger charge is -2.31. The van der Waals surface area contributed by atoms with E-state index < -0.39 is 17.7 Å². The second-order valence-electron chi connectivity index (χ2n) is 8.52. The number of hydrogen-bond acceptors (Lipinski definition) is 8. The lowest BCUT2D eigenvalue weighted by molar-refractivity contribution is -0.140. The van der Waals surface area contributed by atoms with Gasteiger partial charge < -0.3 is 29.0 Å². The van der Waals surface area contributed by atoms with Gasteiger partial charge in [0.2, 0.25) is 0 Å². The number of ether oxygens (including phenoxy) is 4. The van der Waals surface area contributed by atoms with Gasteiger partial charge in [-0.2, -0.15) is 0 Å². The number of ketones is 1. The van der Waals surface area contributed by atoms with Crippen LogP contribution in [0, 0.1) is 0 Å². The fraction of sp³-hybridized carbons (Fsp3) is 0.407. The number of likely N-dealkylation sites (tertiary alicyclic amines) is 1. The summed E-state index contributed by atoms with van der Waals surface area (Å²) >= 11 is 0. The van der Waals surface area contributed by atoms with Gasteiger partial charge in [-0.25, -0.2) is 0 Å². The van der Waals surface area contributed by atoms with E-state index in [1.165, 1.54) is 14.2 Å². The number of carbonyl (C=O) groups is 2. The highest BCUT2D eigenvalue weighted by Gasteiger charge is 2.46. The molecule has 0 spiro atoms. The number of hydrogen-bond donors (Lipinski definition) is 1. The predicted octanol–water partition coefficient (Wildman–Crippen LogP) is 2.86. The molecule has 0 aliphatic carbocycles. The Labute approximate surface area is 210 Å². The summed E-state index contributed by atoms with van der Waals surface area (Å²) in [7, 11) is 3.01. The van der Waals surface area contributed by atoms with Crippen molar-refractivity contribution >= 4 is 17.4 Å². The van der Waals surface area contributed by atoms with Crippen LogP contribution >= 0.6 is 0 Å². The van der Waals surface area contributed by atoms with Gasteiger partial charge in [-0.05, 0) is 42.8 Å². The van der Waals surface area contributed by atoms with E-state index in [0.29, 0.717) is 61.3 Å². The molecule has 2 aliphatic rings. The Morgan fingerprint density at radius 1 is 1.00 bits per heavy atom. The van der Waals surface area contributed by atoms with Gasteiger partial charge in [0.05, 0.1) is 45.7 Å². The SMILES string of the molecule is CCOc1ccc(C2/C(=C(\O)c3ccc(OC)c(OC)c3)C(=O)C(=O)N2CCN2CCOCC2)cc1. The zero-order valence-electron chi connectivity index (χ0n) is 20.9. The van der Waals surface area contributed by atoms with Crippen molar-refractivity contribution < 1.29 is 33.6 Å². The summed E-state index contributed by atoms with van der Waals surface area (Å²) in [6.07, 6.45) is 0. The third-order valence-corrected chi connectivity index (χ3v) is 6.46. The molecule has 0 aromatic heterocycles. The quantitative estimate of drug-likeness (QED) is 0.322. The minimum atomic E-state index is -0.741. The van der Waals surface area contributed by atoms with Gasteiger partial charge in [0.25, 0.3) is 11.7 Å². The summed E-state index contributed by atoms with van der Waals surface area (Å²) < 4.78 is 21.6. The highest BCUT2D eigenvalue weighted by molar-refractivity contribution is 6.46. The van der Waals surface area contributed by atoms with Crippen LogP contribution in [0.3, 0.4) is 0 Å². The van der Waals surface area contributed by atoms with Crippen LogP contribution in [0.25, 0.3) is 5.76 Å². The van der Waals surface area contributed by atoms with Gasteiger partial charge in [0, 0.05) is 31.7 Å². The molecule has 9 heteroatoms. The van der Waals surface area contributed by atoms with E-state index in [9.17, 15) is 14.7 Å². The van der Waals surface area contributed by atoms with Gasteiger partial charge >= 0.3 is 0 Å². The molecule has 36 heavy (non-hydrogen) atoms. The molecule has 2 aromatic carbocycles. The molecule has 9 nitrogen and oxygen atoms in total. The summed E-state index contributed by atoms with van der Waals surface area (Å²) in [5, 5.41) is 11.3. The molecule has 1 atom stereocenters. The van der Waals surface area contributed by atoms with Gasteiger partial charge in [-0.15, -0.1) is 0 Å². The fourth-order valence-electron chi connectivity index (χ4n) is 4.58. The first-order chi connectivity index (χ1) is 17.5. The standard InChI is InChI=1S/C27H32N2O7/c1-4-36-20-8-5-18(6-9-20)24-23(25(30)19-7-10-21(33-2)22(17-19)34-3)26(31)27(32)29(24)12-11-28-13-15-35-16-14-28/h5-10,17,24,30H,4,11-16H2,1-3H3/b25-23+. The summed E-state index contributed by atoms with van der Waals surface area (Å²) in [4.78, 5) is 30.3. The van der Waals surface area contributed by atoms with Crippen molar-refractivity contribution in [3.63, 3.8) is 0 Å². The van der Waals surface area contributed by atoms with Crippen LogP contribution in [0.4, 0.5) is 0 Å². The number of aliphatic hydroxyl groups excluding tert-OH is 1. The van der Waals surface area contributed by atoms with Crippen molar-refractivity contribution in [3.8, 4) is 17.2 Å². The number of amides is 1. The molecule has 0 radical (unpaired) electrons. The first kappa shape index (κ1) is 25.5. The summed E-state index contributed by atoms with van der Waals surface area (Å²) in [6, 6.07) is 11.4. The molecule has 2 aromatic rings. The molecule has 1 amide bonds. The first-order valence-corrected chi connectivity index (χ1v) is 12.0. The molecule has 0 bridgehead atoms. The largest absolute Gasteiger partial charge is 0.507 e. The highest BCUT2D eigenvalue weighted by Crippen LogP contribution is 2.41. The lowest BCUT2D eigenvalue weighted by Crippen LogP contribution is -2.42. The van der Waals surface area contributed by atoms with Crippen molar-refractivity contribution in [2.24, 2.45) is 0 Å². The molecule has 2 aliphatic heterocycles. The van der Waals surface area contributed by atoms with Crippen LogP contribution in [0.5, 0.6) is 17.2 Å². The Morgan fingerprint density at radius 2 is 1.69 bits per heavy atom. The van der Waals surface area contributed by atoms with E-state index in [1.807, 2.05) is 19.1 Å². The van der Waals surface area contributed by atoms with Crippen molar-refractivity contribution in [1.82, 2.24) is 9.80 Å². The zero-order chi connectivity index (χ0) is 25.7. The first-order valence-electron chi connectivity index (χ1n) is 12.0. The molecule has 1 N–H and O–H groups in total. The third kappa shape index (κ3) is 5.17. The number of carbonyl (C=O) groups excluding carboxylic acids is 2. The number of morpholine rings is 1. The van der Waals surface area contributed by atoms with E-state index in [0.717, 1.165) is 13.1 Å². The maximum absolute atomic E-state index is 13.3. The van der Waals surface area contributed by atoms with E-state index >= 15 is 0 Å². The maximum Gasteiger partial charge on any atom is 0.295 e. The van der Waals surface area contributed by atoms with E-state index in [2.05, 4.69) is 4.90 Å². The smallest absolute Gasteiger partial charge is 0.295 e. The van der Waals surface area contributed by atoms with Crippen molar-refractivity contribution in [3.05, 3.63) is 59.2 Å². The summed E-state index contributed by atoms with van der Waals surface area (Å²) in [5.41, 5.74) is 1.11. The minimum Gasteiger partial charge on any atom is -0.507 e. The van der Waals surface area contributed by atoms with Gasteiger partial charge in [-0.3, -0.25) is 14.5 Å². The highest BCUT2D eigenvalue weighted by atomic mass is 16.5. The minimum absolute atomic E-state index is 0.0401. The van der Waals surface area contributed by atoms with E-state index in [1.54, 1.807) is 35.2 Å². The second kappa shape index (κ2) is 11.5. The Balaban J connectivity index is 1.75. The van der Waals surface area contributed by atoms with E-state index in [4.69, 9.17) is 18.9 Å². The van der Waals surface area contributed by atoms with Crippen LogP contribution < -0.4 is 14.2 Å². The van der Waals surface area contributed by atoms with Gasteiger partial charge in [-0.1, -0.05) is 12.1 Å². The molecule has 2 fully saturated rings. The average molecular weight is 497 g/mol. The Bertz CT molecular complexity index is 1120. The topological polar surface area (TPSA) is 97.8 Å². The van der Waals surface area contributed by atoms with Crippen LogP contribution in [0.1, 0.15) is 24.1 Å². The van der Waals surface area contributed by atoms with Crippen LogP contribution in [0.15, 0.2) is 48.0 Å². The van der Waals surface area contributed by atoms with Crippen molar-refractivity contribution in [1.29, 1.82) is 0 Å². The number of benzene rings is 2. The second-order valence-corrected chi connectivity index (χ2v) is 8.52. The number of Topliss-reactive ketones (excluding diaryl/α,β-unsaturated/α-hetero) is 1. The molecule has 4 rings (SSSR count). The Hall–Kier alpha value is -3.56. The Morgan fingerprint density at radius 3 is 2.33 bits per heavy atom. The molecule has 192 valence electrons. The van der Waals surface area contributed by atoms with Crippen LogP contribution in [0.2, 0.25) is 0 Å². The molecule has 2 heterocycles.